The molecular formula is C17H30O4. The Morgan fingerprint density at radius 3 is 2.14 bits per heavy atom. The molecule has 0 N–H and O–H groups in total. The van der Waals surface area contributed by atoms with E-state index < -0.39 is 0 Å². The van der Waals surface area contributed by atoms with Crippen LogP contribution in [0.3, 0.4) is 0 Å². The number of carbonyl (C=O) groups is 2. The second-order valence-corrected chi connectivity index (χ2v) is 5.95. The SMILES string of the molecule is CCCCOC(=O)CC(C(=O)OCCCC)C1CCCC1. The first-order valence-corrected chi connectivity index (χ1v) is 8.51. The fraction of sp³-hybridized carbons (Fsp3) is 0.882. The number of esters is 2. The number of hydrogen-bond donors (Lipinski definition) is 0. The molecule has 0 heterocycles. The summed E-state index contributed by atoms with van der Waals surface area (Å²) in [7, 11) is 0. The van der Waals surface area contributed by atoms with Gasteiger partial charge in [-0.2, -0.15) is 0 Å². The molecule has 1 rings (SSSR count). The summed E-state index contributed by atoms with van der Waals surface area (Å²) >= 11 is 0. The Hall–Kier alpha value is -1.06. The van der Waals surface area contributed by atoms with Crippen LogP contribution >= 0.6 is 0 Å². The van der Waals surface area contributed by atoms with Crippen molar-refractivity contribution in [2.75, 3.05) is 13.2 Å². The maximum absolute atomic E-state index is 12.2. The molecule has 1 fully saturated rings. The standard InChI is InChI=1S/C17H30O4/c1-3-5-11-20-16(18)13-15(14-9-7-8-10-14)17(19)21-12-6-4-2/h14-15H,3-13H2,1-2H3. The number of rotatable bonds is 10. The topological polar surface area (TPSA) is 52.6 Å². The van der Waals surface area contributed by atoms with E-state index in [1.54, 1.807) is 0 Å². The van der Waals surface area contributed by atoms with Crippen molar-refractivity contribution in [2.45, 2.75) is 71.6 Å². The van der Waals surface area contributed by atoms with Crippen molar-refractivity contribution in [2.24, 2.45) is 11.8 Å². The molecule has 1 unspecified atom stereocenters. The lowest BCUT2D eigenvalue weighted by Crippen LogP contribution is -2.28. The van der Waals surface area contributed by atoms with Gasteiger partial charge in [0.05, 0.1) is 25.6 Å². The van der Waals surface area contributed by atoms with Gasteiger partial charge in [0.2, 0.25) is 0 Å². The van der Waals surface area contributed by atoms with Crippen LogP contribution in [-0.2, 0) is 19.1 Å². The Balaban J connectivity index is 2.47. The van der Waals surface area contributed by atoms with Gasteiger partial charge in [0, 0.05) is 0 Å². The van der Waals surface area contributed by atoms with Crippen LogP contribution in [0, 0.1) is 11.8 Å². The molecule has 4 nitrogen and oxygen atoms in total. The van der Waals surface area contributed by atoms with Gasteiger partial charge in [0.1, 0.15) is 0 Å². The van der Waals surface area contributed by atoms with E-state index in [1.807, 2.05) is 0 Å². The predicted octanol–water partition coefficient (Wildman–Crippen LogP) is 3.87. The van der Waals surface area contributed by atoms with Crippen LogP contribution in [0.4, 0.5) is 0 Å². The molecule has 0 aromatic rings. The Labute approximate surface area is 128 Å². The third-order valence-corrected chi connectivity index (χ3v) is 4.16. The third kappa shape index (κ3) is 6.96. The van der Waals surface area contributed by atoms with Crippen molar-refractivity contribution in [1.29, 1.82) is 0 Å². The molecule has 4 heteroatoms. The summed E-state index contributed by atoms with van der Waals surface area (Å²) in [6.07, 6.45) is 8.27. The van der Waals surface area contributed by atoms with Crippen molar-refractivity contribution in [3.8, 4) is 0 Å². The molecule has 1 saturated carbocycles. The van der Waals surface area contributed by atoms with Gasteiger partial charge >= 0.3 is 11.9 Å². The molecule has 1 aliphatic rings. The van der Waals surface area contributed by atoms with Crippen molar-refractivity contribution < 1.29 is 19.1 Å². The first-order chi connectivity index (χ1) is 10.2. The molecule has 0 aromatic carbocycles. The molecular weight excluding hydrogens is 268 g/mol. The normalized spacial score (nSPS) is 16.7. The first kappa shape index (κ1) is 18.0. The molecule has 122 valence electrons. The van der Waals surface area contributed by atoms with Crippen molar-refractivity contribution in [3.05, 3.63) is 0 Å². The Morgan fingerprint density at radius 2 is 1.57 bits per heavy atom. The van der Waals surface area contributed by atoms with Gasteiger partial charge in [-0.25, -0.2) is 0 Å². The van der Waals surface area contributed by atoms with Gasteiger partial charge in [-0.1, -0.05) is 39.5 Å². The maximum Gasteiger partial charge on any atom is 0.309 e. The molecule has 1 aliphatic carbocycles. The minimum absolute atomic E-state index is 0.180. The summed E-state index contributed by atoms with van der Waals surface area (Å²) in [6.45, 7) is 5.04. The smallest absolute Gasteiger partial charge is 0.309 e. The van der Waals surface area contributed by atoms with E-state index in [0.29, 0.717) is 13.2 Å². The van der Waals surface area contributed by atoms with E-state index in [0.717, 1.165) is 51.4 Å². The lowest BCUT2D eigenvalue weighted by Gasteiger charge is -2.21. The van der Waals surface area contributed by atoms with Gasteiger partial charge in [-0.15, -0.1) is 0 Å². The molecule has 0 spiro atoms. The zero-order valence-corrected chi connectivity index (χ0v) is 13.6. The summed E-state index contributed by atoms with van der Waals surface area (Å²) in [5.74, 6) is -0.480. The first-order valence-electron chi connectivity index (χ1n) is 8.51. The second-order valence-electron chi connectivity index (χ2n) is 5.95. The van der Waals surface area contributed by atoms with Crippen molar-refractivity contribution in [1.82, 2.24) is 0 Å². The quantitative estimate of drug-likeness (QED) is 0.454. The number of carbonyl (C=O) groups excluding carboxylic acids is 2. The van der Waals surface area contributed by atoms with Gasteiger partial charge < -0.3 is 9.47 Å². The van der Waals surface area contributed by atoms with E-state index in [-0.39, 0.29) is 30.2 Å². The summed E-state index contributed by atoms with van der Waals surface area (Å²) in [4.78, 5) is 24.1. The number of unbranched alkanes of at least 4 members (excludes halogenated alkanes) is 2. The highest BCUT2D eigenvalue weighted by Gasteiger charge is 2.34. The summed E-state index contributed by atoms with van der Waals surface area (Å²) < 4.78 is 10.5. The van der Waals surface area contributed by atoms with Crippen LogP contribution in [-0.4, -0.2) is 25.2 Å². The van der Waals surface area contributed by atoms with Gasteiger partial charge in [0.15, 0.2) is 0 Å². The van der Waals surface area contributed by atoms with Crippen LogP contribution in [0.25, 0.3) is 0 Å². The van der Waals surface area contributed by atoms with Crippen molar-refractivity contribution in [3.63, 3.8) is 0 Å². The highest BCUT2D eigenvalue weighted by molar-refractivity contribution is 5.80. The molecule has 0 bridgehead atoms. The largest absolute Gasteiger partial charge is 0.466 e. The minimum Gasteiger partial charge on any atom is -0.466 e. The van der Waals surface area contributed by atoms with Gasteiger partial charge in [-0.3, -0.25) is 9.59 Å². The molecule has 0 radical (unpaired) electrons. The lowest BCUT2D eigenvalue weighted by atomic mass is 9.88. The average molecular weight is 298 g/mol. The predicted molar refractivity (Wildman–Crippen MR) is 81.8 cm³/mol. The average Bonchev–Trinajstić information content (AvgIpc) is 2.99. The number of ether oxygens (including phenoxy) is 2. The maximum atomic E-state index is 12.2. The van der Waals surface area contributed by atoms with E-state index in [9.17, 15) is 9.59 Å². The van der Waals surface area contributed by atoms with Gasteiger partial charge in [-0.05, 0) is 31.6 Å². The second kappa shape index (κ2) is 10.6. The lowest BCUT2D eigenvalue weighted by molar-refractivity contribution is -0.157. The zero-order valence-electron chi connectivity index (χ0n) is 13.6. The Kier molecular flexibility index (Phi) is 9.11. The van der Waals surface area contributed by atoms with Crippen LogP contribution < -0.4 is 0 Å². The zero-order chi connectivity index (χ0) is 15.5. The molecule has 0 aliphatic heterocycles. The highest BCUT2D eigenvalue weighted by atomic mass is 16.5. The Bertz CT molecular complexity index is 308. The molecule has 1 atom stereocenters. The van der Waals surface area contributed by atoms with E-state index >= 15 is 0 Å². The fourth-order valence-corrected chi connectivity index (χ4v) is 2.80. The van der Waals surface area contributed by atoms with Crippen molar-refractivity contribution >= 4 is 11.9 Å². The molecule has 0 aromatic heterocycles. The highest BCUT2D eigenvalue weighted by Crippen LogP contribution is 2.34. The van der Waals surface area contributed by atoms with Crippen LogP contribution in [0.5, 0.6) is 0 Å². The third-order valence-electron chi connectivity index (χ3n) is 4.16. The summed E-state index contributed by atoms with van der Waals surface area (Å²) in [5.41, 5.74) is 0. The number of hydrogen-bond acceptors (Lipinski definition) is 4. The van der Waals surface area contributed by atoms with E-state index in [4.69, 9.17) is 9.47 Å². The van der Waals surface area contributed by atoms with Crippen LogP contribution in [0.2, 0.25) is 0 Å². The molecule has 0 saturated heterocycles. The summed E-state index contributed by atoms with van der Waals surface area (Å²) in [6, 6.07) is 0. The molecule has 21 heavy (non-hydrogen) atoms. The minimum atomic E-state index is -0.307. The summed E-state index contributed by atoms with van der Waals surface area (Å²) in [5, 5.41) is 0. The van der Waals surface area contributed by atoms with Crippen LogP contribution in [0.1, 0.15) is 71.6 Å². The monoisotopic (exact) mass is 298 g/mol. The van der Waals surface area contributed by atoms with E-state index in [2.05, 4.69) is 13.8 Å². The molecule has 0 amide bonds. The van der Waals surface area contributed by atoms with Gasteiger partial charge in [0.25, 0.3) is 0 Å². The fourth-order valence-electron chi connectivity index (χ4n) is 2.80. The Morgan fingerprint density at radius 1 is 1.00 bits per heavy atom. The van der Waals surface area contributed by atoms with E-state index in [1.165, 1.54) is 0 Å². The van der Waals surface area contributed by atoms with Crippen LogP contribution in [0.15, 0.2) is 0 Å².